The van der Waals surface area contributed by atoms with Gasteiger partial charge in [0.05, 0.1) is 19.6 Å². The number of amides is 2. The van der Waals surface area contributed by atoms with E-state index in [9.17, 15) is 9.59 Å². The average Bonchev–Trinajstić information content (AvgIpc) is 2.83. The van der Waals surface area contributed by atoms with E-state index in [1.807, 2.05) is 79.7 Å². The molecule has 2 atom stereocenters. The Morgan fingerprint density at radius 2 is 1.47 bits per heavy atom. The predicted octanol–water partition coefficient (Wildman–Crippen LogP) is 4.69. The van der Waals surface area contributed by atoms with Crippen LogP contribution in [-0.4, -0.2) is 25.0 Å². The topological polar surface area (TPSA) is 67.4 Å². The lowest BCUT2D eigenvalue weighted by atomic mass is 10.0. The molecule has 0 spiro atoms. The number of nitrogens with one attached hydrogen (secondary N) is 2. The first-order valence-electron chi connectivity index (χ1n) is 10.9. The standard InChI is InChI=1S/C27H30N2O3/c1-20(13-14-21-15-17-24(32-2)18-16-21)28-26(30)19-25(22-9-5-3-6-10-22)29-27(31)23-11-7-4-8-12-23/h3-12,15-18,20,25H,13-14,19H2,1-2H3,(H,28,30)(H,29,31)/t20-,25+/m0/s1. The van der Waals surface area contributed by atoms with Gasteiger partial charge in [-0.25, -0.2) is 0 Å². The van der Waals surface area contributed by atoms with Crippen molar-refractivity contribution in [3.63, 3.8) is 0 Å². The summed E-state index contributed by atoms with van der Waals surface area (Å²) in [4.78, 5) is 25.5. The number of methoxy groups -OCH3 is 1. The molecule has 3 rings (SSSR count). The van der Waals surface area contributed by atoms with Crippen molar-refractivity contribution in [3.05, 3.63) is 102 Å². The van der Waals surface area contributed by atoms with Crippen LogP contribution in [0.3, 0.4) is 0 Å². The summed E-state index contributed by atoms with van der Waals surface area (Å²) in [5.74, 6) is 0.550. The fourth-order valence-electron chi connectivity index (χ4n) is 3.54. The van der Waals surface area contributed by atoms with Gasteiger partial charge in [-0.3, -0.25) is 9.59 Å². The molecule has 32 heavy (non-hydrogen) atoms. The van der Waals surface area contributed by atoms with E-state index in [0.29, 0.717) is 5.56 Å². The minimum absolute atomic E-state index is 0.0193. The van der Waals surface area contributed by atoms with Crippen molar-refractivity contribution in [1.29, 1.82) is 0 Å². The molecule has 3 aromatic rings. The van der Waals surface area contributed by atoms with Crippen LogP contribution in [-0.2, 0) is 11.2 Å². The van der Waals surface area contributed by atoms with Crippen LogP contribution < -0.4 is 15.4 Å². The molecule has 0 unspecified atom stereocenters. The maximum atomic E-state index is 12.8. The first-order chi connectivity index (χ1) is 15.5. The highest BCUT2D eigenvalue weighted by atomic mass is 16.5. The van der Waals surface area contributed by atoms with Crippen molar-refractivity contribution in [2.24, 2.45) is 0 Å². The summed E-state index contributed by atoms with van der Waals surface area (Å²) in [6.45, 7) is 2.00. The summed E-state index contributed by atoms with van der Waals surface area (Å²) >= 11 is 0. The summed E-state index contributed by atoms with van der Waals surface area (Å²) in [5.41, 5.74) is 2.67. The van der Waals surface area contributed by atoms with E-state index in [4.69, 9.17) is 4.74 Å². The smallest absolute Gasteiger partial charge is 0.251 e. The molecule has 0 aliphatic heterocycles. The second-order valence-corrected chi connectivity index (χ2v) is 7.86. The van der Waals surface area contributed by atoms with Crippen molar-refractivity contribution in [2.75, 3.05) is 7.11 Å². The van der Waals surface area contributed by atoms with Crippen molar-refractivity contribution < 1.29 is 14.3 Å². The minimum atomic E-state index is -0.405. The lowest BCUT2D eigenvalue weighted by Gasteiger charge is -2.21. The van der Waals surface area contributed by atoms with E-state index in [0.717, 1.165) is 24.2 Å². The lowest BCUT2D eigenvalue weighted by Crippen LogP contribution is -2.37. The summed E-state index contributed by atoms with van der Waals surface area (Å²) in [5, 5.41) is 6.08. The number of benzene rings is 3. The van der Waals surface area contributed by atoms with Crippen LogP contribution >= 0.6 is 0 Å². The van der Waals surface area contributed by atoms with Crippen LogP contribution in [0.4, 0.5) is 0 Å². The molecular weight excluding hydrogens is 400 g/mol. The Morgan fingerprint density at radius 1 is 0.844 bits per heavy atom. The zero-order chi connectivity index (χ0) is 22.8. The van der Waals surface area contributed by atoms with Crippen LogP contribution in [0.5, 0.6) is 5.75 Å². The summed E-state index contributed by atoms with van der Waals surface area (Å²) in [7, 11) is 1.65. The summed E-state index contributed by atoms with van der Waals surface area (Å²) < 4.78 is 5.19. The molecule has 0 fully saturated rings. The van der Waals surface area contributed by atoms with Gasteiger partial charge in [0, 0.05) is 11.6 Å². The molecule has 3 aromatic carbocycles. The maximum Gasteiger partial charge on any atom is 0.251 e. The highest BCUT2D eigenvalue weighted by Gasteiger charge is 2.20. The first-order valence-corrected chi connectivity index (χ1v) is 10.9. The van der Waals surface area contributed by atoms with Crippen molar-refractivity contribution in [3.8, 4) is 5.75 Å². The highest BCUT2D eigenvalue weighted by Crippen LogP contribution is 2.18. The molecule has 2 amide bonds. The fourth-order valence-corrected chi connectivity index (χ4v) is 3.54. The molecule has 0 aromatic heterocycles. The van der Waals surface area contributed by atoms with Crippen LogP contribution in [0.15, 0.2) is 84.9 Å². The zero-order valence-electron chi connectivity index (χ0n) is 18.6. The SMILES string of the molecule is COc1ccc(CC[C@H](C)NC(=O)C[C@@H](NC(=O)c2ccccc2)c2ccccc2)cc1. The molecular formula is C27H30N2O3. The summed E-state index contributed by atoms with van der Waals surface area (Å²) in [6.07, 6.45) is 1.86. The van der Waals surface area contributed by atoms with E-state index in [-0.39, 0.29) is 24.3 Å². The van der Waals surface area contributed by atoms with Gasteiger partial charge in [0.25, 0.3) is 5.91 Å². The van der Waals surface area contributed by atoms with Crippen molar-refractivity contribution in [2.45, 2.75) is 38.3 Å². The number of rotatable bonds is 10. The molecule has 5 nitrogen and oxygen atoms in total. The van der Waals surface area contributed by atoms with Gasteiger partial charge in [-0.05, 0) is 55.2 Å². The van der Waals surface area contributed by atoms with Crippen LogP contribution in [0, 0.1) is 0 Å². The third-order valence-corrected chi connectivity index (χ3v) is 5.37. The second-order valence-electron chi connectivity index (χ2n) is 7.86. The molecule has 0 bridgehead atoms. The Bertz CT molecular complexity index is 988. The third-order valence-electron chi connectivity index (χ3n) is 5.37. The number of hydrogen-bond acceptors (Lipinski definition) is 3. The van der Waals surface area contributed by atoms with Crippen molar-refractivity contribution >= 4 is 11.8 Å². The fraction of sp³-hybridized carbons (Fsp3) is 0.259. The van der Waals surface area contributed by atoms with Crippen LogP contribution in [0.2, 0.25) is 0 Å². The van der Waals surface area contributed by atoms with Gasteiger partial charge < -0.3 is 15.4 Å². The average molecular weight is 431 g/mol. The Balaban J connectivity index is 1.57. The molecule has 5 heteroatoms. The molecule has 0 heterocycles. The molecule has 0 saturated heterocycles. The van der Waals surface area contributed by atoms with E-state index < -0.39 is 6.04 Å². The Morgan fingerprint density at radius 3 is 2.09 bits per heavy atom. The monoisotopic (exact) mass is 430 g/mol. The number of carbonyl (C=O) groups is 2. The van der Waals surface area contributed by atoms with E-state index in [2.05, 4.69) is 10.6 Å². The Labute approximate surface area is 189 Å². The Kier molecular flexibility index (Phi) is 8.44. The van der Waals surface area contributed by atoms with Crippen LogP contribution in [0.1, 0.15) is 47.3 Å². The van der Waals surface area contributed by atoms with Gasteiger partial charge in [0.2, 0.25) is 5.91 Å². The van der Waals surface area contributed by atoms with Gasteiger partial charge in [0.15, 0.2) is 0 Å². The third kappa shape index (κ3) is 6.98. The number of hydrogen-bond donors (Lipinski definition) is 2. The predicted molar refractivity (Wildman–Crippen MR) is 127 cm³/mol. The van der Waals surface area contributed by atoms with E-state index in [1.54, 1.807) is 19.2 Å². The maximum absolute atomic E-state index is 12.8. The molecule has 166 valence electrons. The first kappa shape index (κ1) is 23.1. The number of ether oxygens (including phenoxy) is 1. The number of aryl methyl sites for hydroxylation is 1. The van der Waals surface area contributed by atoms with Gasteiger partial charge in [-0.2, -0.15) is 0 Å². The molecule has 0 aliphatic carbocycles. The molecule has 2 N–H and O–H groups in total. The van der Waals surface area contributed by atoms with Gasteiger partial charge >= 0.3 is 0 Å². The van der Waals surface area contributed by atoms with E-state index in [1.165, 1.54) is 5.56 Å². The van der Waals surface area contributed by atoms with Crippen LogP contribution in [0.25, 0.3) is 0 Å². The molecule has 0 saturated carbocycles. The highest BCUT2D eigenvalue weighted by molar-refractivity contribution is 5.94. The molecule has 0 aliphatic rings. The summed E-state index contributed by atoms with van der Waals surface area (Å²) in [6, 6.07) is 26.2. The van der Waals surface area contributed by atoms with Gasteiger partial charge in [-0.1, -0.05) is 60.7 Å². The van der Waals surface area contributed by atoms with E-state index >= 15 is 0 Å². The quantitative estimate of drug-likeness (QED) is 0.490. The largest absolute Gasteiger partial charge is 0.497 e. The van der Waals surface area contributed by atoms with Gasteiger partial charge in [0.1, 0.15) is 5.75 Å². The second kappa shape index (κ2) is 11.7. The lowest BCUT2D eigenvalue weighted by molar-refractivity contribution is -0.122. The van der Waals surface area contributed by atoms with Gasteiger partial charge in [-0.15, -0.1) is 0 Å². The Hall–Kier alpha value is -3.60. The minimum Gasteiger partial charge on any atom is -0.497 e. The number of carbonyl (C=O) groups excluding carboxylic acids is 2. The zero-order valence-corrected chi connectivity index (χ0v) is 18.6. The normalized spacial score (nSPS) is 12.4. The van der Waals surface area contributed by atoms with Crippen molar-refractivity contribution in [1.82, 2.24) is 10.6 Å². The molecule has 0 radical (unpaired) electrons.